The Morgan fingerprint density at radius 1 is 0.862 bits per heavy atom. The molecular weight excluding hydrogens is 481 g/mol. The molecule has 1 aliphatic rings. The highest BCUT2D eigenvalue weighted by atomic mass is 79.9. The Kier molecular flexibility index (Phi) is 5.17. The van der Waals surface area contributed by atoms with Crippen LogP contribution < -0.4 is 9.19 Å². The second kappa shape index (κ2) is 7.81. The number of anilines is 1. The van der Waals surface area contributed by atoms with E-state index in [4.69, 9.17) is 16.3 Å². The first-order valence-corrected chi connectivity index (χ1v) is 14.1. The van der Waals surface area contributed by atoms with Crippen LogP contribution in [0.5, 0.6) is 5.75 Å². The van der Waals surface area contributed by atoms with Crippen molar-refractivity contribution in [2.45, 2.75) is 11.4 Å². The summed E-state index contributed by atoms with van der Waals surface area (Å²) in [6, 6.07) is 31.3. The SMILES string of the molecule is S=P1(Sc2ccccc2)Oc2ccc3ccccc3c2CN1c1ccc(Br)cc1. The highest BCUT2D eigenvalue weighted by Gasteiger charge is 2.36. The van der Waals surface area contributed by atoms with Crippen molar-refractivity contribution in [3.63, 3.8) is 0 Å². The lowest BCUT2D eigenvalue weighted by molar-refractivity contribution is 0.593. The summed E-state index contributed by atoms with van der Waals surface area (Å²) in [6.07, 6.45) is 0. The minimum atomic E-state index is -2.42. The normalized spacial score (nSPS) is 18.3. The molecule has 5 rings (SSSR count). The van der Waals surface area contributed by atoms with Crippen molar-refractivity contribution < 1.29 is 4.52 Å². The average Bonchev–Trinajstić information content (AvgIpc) is 2.74. The largest absolute Gasteiger partial charge is 0.440 e. The maximum atomic E-state index is 6.63. The van der Waals surface area contributed by atoms with Crippen molar-refractivity contribution in [2.24, 2.45) is 0 Å². The molecule has 4 aromatic carbocycles. The van der Waals surface area contributed by atoms with E-state index in [0.717, 1.165) is 27.3 Å². The summed E-state index contributed by atoms with van der Waals surface area (Å²) in [7, 11) is 0. The summed E-state index contributed by atoms with van der Waals surface area (Å²) in [5, 5.41) is 2.44. The maximum Gasteiger partial charge on any atom is 0.267 e. The van der Waals surface area contributed by atoms with E-state index in [9.17, 15) is 0 Å². The molecule has 1 unspecified atom stereocenters. The molecule has 29 heavy (non-hydrogen) atoms. The molecule has 0 radical (unpaired) electrons. The third-order valence-electron chi connectivity index (χ3n) is 4.90. The minimum Gasteiger partial charge on any atom is -0.440 e. The second-order valence-corrected chi connectivity index (χ2v) is 14.1. The fraction of sp³-hybridized carbons (Fsp3) is 0.0435. The molecule has 6 heteroatoms. The summed E-state index contributed by atoms with van der Waals surface area (Å²) in [5.41, 5.74) is -0.148. The molecule has 0 amide bonds. The Hall–Kier alpha value is -1.78. The zero-order valence-electron chi connectivity index (χ0n) is 15.4. The van der Waals surface area contributed by atoms with Crippen LogP contribution in [-0.4, -0.2) is 0 Å². The third-order valence-corrected chi connectivity index (χ3v) is 11.2. The van der Waals surface area contributed by atoms with Crippen LogP contribution in [0, 0.1) is 0 Å². The second-order valence-electron chi connectivity index (χ2n) is 6.76. The fourth-order valence-corrected chi connectivity index (χ4v) is 9.44. The Morgan fingerprint density at radius 2 is 1.59 bits per heavy atom. The molecule has 1 heterocycles. The highest BCUT2D eigenvalue weighted by molar-refractivity contribution is 9.10. The summed E-state index contributed by atoms with van der Waals surface area (Å²) >= 11 is 11.4. The third kappa shape index (κ3) is 3.73. The van der Waals surface area contributed by atoms with Crippen LogP contribution in [0.2, 0.25) is 0 Å². The zero-order valence-corrected chi connectivity index (χ0v) is 19.5. The van der Waals surface area contributed by atoms with Crippen LogP contribution in [0.3, 0.4) is 0 Å². The lowest BCUT2D eigenvalue weighted by Crippen LogP contribution is -2.25. The van der Waals surface area contributed by atoms with Gasteiger partial charge in [-0.2, -0.15) is 0 Å². The summed E-state index contributed by atoms with van der Waals surface area (Å²) in [5.74, 6) is 0.906. The van der Waals surface area contributed by atoms with Gasteiger partial charge in [0.1, 0.15) is 5.75 Å². The van der Waals surface area contributed by atoms with Crippen LogP contribution in [0.4, 0.5) is 5.69 Å². The first-order chi connectivity index (χ1) is 14.1. The van der Waals surface area contributed by atoms with Crippen molar-refractivity contribution in [1.82, 2.24) is 0 Å². The molecule has 1 atom stereocenters. The Balaban J connectivity index is 1.65. The topological polar surface area (TPSA) is 12.5 Å². The monoisotopic (exact) mass is 497 g/mol. The van der Waals surface area contributed by atoms with E-state index in [1.807, 2.05) is 18.2 Å². The number of halogens is 1. The minimum absolute atomic E-state index is 0.732. The molecule has 0 N–H and O–H groups in total. The van der Waals surface area contributed by atoms with E-state index >= 15 is 0 Å². The van der Waals surface area contributed by atoms with Gasteiger partial charge in [0.05, 0.1) is 6.54 Å². The average molecular weight is 498 g/mol. The van der Waals surface area contributed by atoms with Crippen LogP contribution in [0.1, 0.15) is 5.56 Å². The van der Waals surface area contributed by atoms with E-state index in [2.05, 4.69) is 93.4 Å². The molecule has 4 aromatic rings. The summed E-state index contributed by atoms with van der Waals surface area (Å²) in [4.78, 5) is 1.13. The molecule has 0 spiro atoms. The molecule has 1 aliphatic heterocycles. The fourth-order valence-electron chi connectivity index (χ4n) is 3.50. The van der Waals surface area contributed by atoms with Crippen molar-refractivity contribution >= 4 is 61.2 Å². The van der Waals surface area contributed by atoms with Gasteiger partial charge in [0, 0.05) is 20.6 Å². The van der Waals surface area contributed by atoms with Crippen molar-refractivity contribution in [1.29, 1.82) is 0 Å². The number of nitrogens with zero attached hydrogens (tertiary/aromatic N) is 1. The van der Waals surface area contributed by atoms with Gasteiger partial charge in [0.15, 0.2) is 0 Å². The van der Waals surface area contributed by atoms with Gasteiger partial charge in [-0.1, -0.05) is 64.5 Å². The number of rotatable bonds is 3. The Labute approximate surface area is 187 Å². The number of hydrogen-bond donors (Lipinski definition) is 0. The standard InChI is InChI=1S/C23H17BrNOPS2/c24-18-11-13-19(14-12-18)25-16-22-21-9-5-4-6-17(21)10-15-23(22)26-27(25,28)29-20-7-2-1-3-8-20/h1-15H,16H2. The molecule has 0 saturated carbocycles. The lowest BCUT2D eigenvalue weighted by Gasteiger charge is -2.40. The number of benzene rings is 4. The molecule has 144 valence electrons. The molecule has 0 aliphatic carbocycles. The smallest absolute Gasteiger partial charge is 0.267 e. The van der Waals surface area contributed by atoms with E-state index in [1.54, 1.807) is 11.4 Å². The van der Waals surface area contributed by atoms with E-state index in [-0.39, 0.29) is 0 Å². The Bertz CT molecular complexity index is 1230. The molecular formula is C23H17BrNOPS2. The molecule has 0 fully saturated rings. The van der Waals surface area contributed by atoms with Crippen molar-refractivity contribution in [3.05, 3.63) is 101 Å². The molecule has 0 bridgehead atoms. The first-order valence-electron chi connectivity index (χ1n) is 9.21. The summed E-state index contributed by atoms with van der Waals surface area (Å²) in [6.45, 7) is 0.732. The van der Waals surface area contributed by atoms with Crippen LogP contribution in [-0.2, 0) is 18.4 Å². The predicted molar refractivity (Wildman–Crippen MR) is 131 cm³/mol. The van der Waals surface area contributed by atoms with Crippen molar-refractivity contribution in [2.75, 3.05) is 4.67 Å². The molecule has 0 aromatic heterocycles. The summed E-state index contributed by atoms with van der Waals surface area (Å²) < 4.78 is 9.96. The first kappa shape index (κ1) is 19.2. The lowest BCUT2D eigenvalue weighted by atomic mass is 10.0. The van der Waals surface area contributed by atoms with Gasteiger partial charge in [0.25, 0.3) is 5.62 Å². The van der Waals surface area contributed by atoms with Crippen molar-refractivity contribution in [3.8, 4) is 5.75 Å². The predicted octanol–water partition coefficient (Wildman–Crippen LogP) is 8.02. The van der Waals surface area contributed by atoms with E-state index in [0.29, 0.717) is 0 Å². The van der Waals surface area contributed by atoms with Gasteiger partial charge in [-0.05, 0) is 76.4 Å². The molecule has 2 nitrogen and oxygen atoms in total. The van der Waals surface area contributed by atoms with Gasteiger partial charge < -0.3 is 9.19 Å². The van der Waals surface area contributed by atoms with Crippen LogP contribution >= 0.6 is 32.9 Å². The van der Waals surface area contributed by atoms with E-state index < -0.39 is 5.62 Å². The van der Waals surface area contributed by atoms with Gasteiger partial charge in [-0.3, -0.25) is 0 Å². The number of hydrogen-bond acceptors (Lipinski definition) is 3. The maximum absolute atomic E-state index is 6.63. The van der Waals surface area contributed by atoms with Gasteiger partial charge in [-0.25, -0.2) is 0 Å². The number of fused-ring (bicyclic) bond motifs is 3. The van der Waals surface area contributed by atoms with Gasteiger partial charge >= 0.3 is 0 Å². The van der Waals surface area contributed by atoms with Crippen LogP contribution in [0.15, 0.2) is 100 Å². The molecule has 0 saturated heterocycles. The van der Waals surface area contributed by atoms with Crippen LogP contribution in [0.25, 0.3) is 10.8 Å². The van der Waals surface area contributed by atoms with Gasteiger partial charge in [0.2, 0.25) is 0 Å². The highest BCUT2D eigenvalue weighted by Crippen LogP contribution is 2.69. The van der Waals surface area contributed by atoms with E-state index in [1.165, 1.54) is 16.3 Å². The zero-order chi connectivity index (χ0) is 19.8. The Morgan fingerprint density at radius 3 is 2.38 bits per heavy atom. The van der Waals surface area contributed by atoms with Gasteiger partial charge in [-0.15, -0.1) is 0 Å². The quantitative estimate of drug-likeness (QED) is 0.265.